The lowest BCUT2D eigenvalue weighted by molar-refractivity contribution is -0.122. The van der Waals surface area contributed by atoms with Gasteiger partial charge in [0, 0.05) is 26.2 Å². The van der Waals surface area contributed by atoms with Crippen LogP contribution in [0.2, 0.25) is 0 Å². The van der Waals surface area contributed by atoms with Crippen molar-refractivity contribution in [1.29, 1.82) is 0 Å². The summed E-state index contributed by atoms with van der Waals surface area (Å²) >= 11 is 0. The minimum absolute atomic E-state index is 0.430. The van der Waals surface area contributed by atoms with Crippen molar-refractivity contribution >= 4 is 23.3 Å². The normalized spacial score (nSPS) is 17.0. The first-order chi connectivity index (χ1) is 11.7. The first-order valence-corrected chi connectivity index (χ1v) is 8.58. The van der Waals surface area contributed by atoms with Gasteiger partial charge in [0.2, 0.25) is 5.91 Å². The molecule has 1 heterocycles. The number of primary amides is 1. The number of likely N-dealkylation sites (N-methyl/N-ethyl adjacent to an activating group) is 1. The Labute approximate surface area is 149 Å². The minimum atomic E-state index is -0.747. The van der Waals surface area contributed by atoms with Gasteiger partial charge in [-0.15, -0.1) is 0 Å². The number of nitrogens with zero attached hydrogens (tertiary/aromatic N) is 2. The van der Waals surface area contributed by atoms with E-state index in [1.54, 1.807) is 0 Å². The fraction of sp³-hybridized carbons (Fsp3) is 0.556. The summed E-state index contributed by atoms with van der Waals surface area (Å²) in [5.74, 6) is -0.546. The zero-order valence-electron chi connectivity index (χ0n) is 15.5. The third-order valence-corrected chi connectivity index (χ3v) is 4.42. The number of hydrogen-bond acceptors (Lipinski definition) is 4. The number of nitrogens with two attached hydrogens (primary N) is 1. The molecule has 1 aromatic rings. The third-order valence-electron chi connectivity index (χ3n) is 4.42. The third kappa shape index (κ3) is 5.09. The minimum Gasteiger partial charge on any atom is -0.368 e. The van der Waals surface area contributed by atoms with Crippen LogP contribution < -0.4 is 21.3 Å². The zero-order chi connectivity index (χ0) is 18.6. The van der Waals surface area contributed by atoms with Crippen LogP contribution in [-0.2, 0) is 4.79 Å². The van der Waals surface area contributed by atoms with Crippen LogP contribution >= 0.6 is 0 Å². The van der Waals surface area contributed by atoms with Gasteiger partial charge in [0.1, 0.15) is 6.04 Å². The summed E-state index contributed by atoms with van der Waals surface area (Å²) in [5, 5.41) is 5.55. The average Bonchev–Trinajstić information content (AvgIpc) is 2.53. The SMILES string of the molecule is CN1CCN(c2ccccc2NC(=O)N[C@H](C(N)=O)C(C)(C)C)CC1. The lowest BCUT2D eigenvalue weighted by Gasteiger charge is -2.35. The fourth-order valence-electron chi connectivity index (χ4n) is 2.91. The molecule has 0 aliphatic carbocycles. The molecule has 0 radical (unpaired) electrons. The molecule has 1 saturated heterocycles. The van der Waals surface area contributed by atoms with Gasteiger partial charge in [0.05, 0.1) is 11.4 Å². The number of benzene rings is 1. The van der Waals surface area contributed by atoms with Gasteiger partial charge >= 0.3 is 6.03 Å². The second kappa shape index (κ2) is 7.74. The molecule has 0 spiro atoms. The number of nitrogens with one attached hydrogen (secondary N) is 2. The topological polar surface area (TPSA) is 90.7 Å². The molecular formula is C18H29N5O2. The Bertz CT molecular complexity index is 618. The smallest absolute Gasteiger partial charge is 0.319 e. The van der Waals surface area contributed by atoms with Crippen LogP contribution in [0.3, 0.4) is 0 Å². The maximum Gasteiger partial charge on any atom is 0.319 e. The van der Waals surface area contributed by atoms with E-state index >= 15 is 0 Å². The van der Waals surface area contributed by atoms with Crippen molar-refractivity contribution < 1.29 is 9.59 Å². The number of carbonyl (C=O) groups excluding carboxylic acids is 2. The summed E-state index contributed by atoms with van der Waals surface area (Å²) in [7, 11) is 2.10. The summed E-state index contributed by atoms with van der Waals surface area (Å²) in [5.41, 5.74) is 6.68. The number of amides is 3. The van der Waals surface area contributed by atoms with Gasteiger partial charge in [0.15, 0.2) is 0 Å². The standard InChI is InChI=1S/C18H29N5O2/c1-18(2,3)15(16(19)24)21-17(25)20-13-7-5-6-8-14(13)23-11-9-22(4)10-12-23/h5-8,15H,9-12H2,1-4H3,(H2,19,24)(H2,20,21,25)/t15-/m1/s1. The summed E-state index contributed by atoms with van der Waals surface area (Å²) < 4.78 is 0. The van der Waals surface area contributed by atoms with E-state index in [9.17, 15) is 9.59 Å². The van der Waals surface area contributed by atoms with Crippen LogP contribution in [0.4, 0.5) is 16.2 Å². The average molecular weight is 347 g/mol. The summed E-state index contributed by atoms with van der Waals surface area (Å²) in [6.45, 7) is 9.36. The lowest BCUT2D eigenvalue weighted by atomic mass is 9.86. The van der Waals surface area contributed by atoms with E-state index in [4.69, 9.17) is 5.73 Å². The van der Waals surface area contributed by atoms with E-state index < -0.39 is 23.4 Å². The maximum atomic E-state index is 12.4. The molecule has 1 aromatic carbocycles. The highest BCUT2D eigenvalue weighted by Crippen LogP contribution is 2.26. The quantitative estimate of drug-likeness (QED) is 0.769. The Kier molecular flexibility index (Phi) is 5.89. The van der Waals surface area contributed by atoms with Gasteiger partial charge in [-0.25, -0.2) is 4.79 Å². The second-order valence-electron chi connectivity index (χ2n) is 7.61. The van der Waals surface area contributed by atoms with Gasteiger partial charge in [-0.3, -0.25) is 4.79 Å². The molecule has 0 bridgehead atoms. The largest absolute Gasteiger partial charge is 0.368 e. The van der Waals surface area contributed by atoms with Crippen LogP contribution in [0.15, 0.2) is 24.3 Å². The van der Waals surface area contributed by atoms with Crippen molar-refractivity contribution in [3.05, 3.63) is 24.3 Å². The van der Waals surface area contributed by atoms with Gasteiger partial charge in [-0.05, 0) is 24.6 Å². The number of piperazine rings is 1. The first kappa shape index (κ1) is 19.1. The maximum absolute atomic E-state index is 12.4. The predicted molar refractivity (Wildman–Crippen MR) is 101 cm³/mol. The van der Waals surface area contributed by atoms with Crippen LogP contribution in [0.5, 0.6) is 0 Å². The van der Waals surface area contributed by atoms with Gasteiger partial charge in [-0.2, -0.15) is 0 Å². The summed E-state index contributed by atoms with van der Waals surface area (Å²) in [6, 6.07) is 6.52. The number of carbonyl (C=O) groups is 2. The van der Waals surface area contributed by atoms with E-state index in [1.165, 1.54) is 0 Å². The van der Waals surface area contributed by atoms with Crippen molar-refractivity contribution in [2.24, 2.45) is 11.1 Å². The molecule has 3 amide bonds. The summed E-state index contributed by atoms with van der Waals surface area (Å²) in [4.78, 5) is 28.6. The highest BCUT2D eigenvalue weighted by atomic mass is 16.2. The molecule has 7 heteroatoms. The molecule has 25 heavy (non-hydrogen) atoms. The second-order valence-corrected chi connectivity index (χ2v) is 7.61. The number of rotatable bonds is 4. The predicted octanol–water partition coefficient (Wildman–Crippen LogP) is 1.46. The highest BCUT2D eigenvalue weighted by molar-refractivity contribution is 5.96. The Morgan fingerprint density at radius 2 is 1.72 bits per heavy atom. The van der Waals surface area contributed by atoms with Gasteiger partial charge in [-0.1, -0.05) is 32.9 Å². The Morgan fingerprint density at radius 3 is 2.28 bits per heavy atom. The van der Waals surface area contributed by atoms with Crippen LogP contribution in [-0.4, -0.2) is 56.1 Å². The van der Waals surface area contributed by atoms with E-state index in [1.807, 2.05) is 45.0 Å². The van der Waals surface area contributed by atoms with Crippen molar-refractivity contribution in [3.8, 4) is 0 Å². The number of anilines is 2. The molecule has 2 rings (SSSR count). The van der Waals surface area contributed by atoms with E-state index in [-0.39, 0.29) is 0 Å². The number of urea groups is 1. The van der Waals surface area contributed by atoms with Crippen molar-refractivity contribution in [2.45, 2.75) is 26.8 Å². The van der Waals surface area contributed by atoms with Crippen LogP contribution in [0.1, 0.15) is 20.8 Å². The molecule has 1 atom stereocenters. The van der Waals surface area contributed by atoms with E-state index in [0.29, 0.717) is 0 Å². The molecule has 4 N–H and O–H groups in total. The summed E-state index contributed by atoms with van der Waals surface area (Å²) in [6.07, 6.45) is 0. The van der Waals surface area contributed by atoms with Crippen molar-refractivity contribution in [3.63, 3.8) is 0 Å². The molecule has 7 nitrogen and oxygen atoms in total. The lowest BCUT2D eigenvalue weighted by Crippen LogP contribution is -2.53. The molecule has 1 aliphatic heterocycles. The molecule has 0 aromatic heterocycles. The molecule has 0 saturated carbocycles. The first-order valence-electron chi connectivity index (χ1n) is 8.58. The van der Waals surface area contributed by atoms with Crippen molar-refractivity contribution in [1.82, 2.24) is 10.2 Å². The fourth-order valence-corrected chi connectivity index (χ4v) is 2.91. The molecular weight excluding hydrogens is 318 g/mol. The molecule has 1 aliphatic rings. The molecule has 1 fully saturated rings. The Balaban J connectivity index is 2.09. The Hall–Kier alpha value is -2.28. The molecule has 0 unspecified atom stereocenters. The zero-order valence-corrected chi connectivity index (χ0v) is 15.5. The van der Waals surface area contributed by atoms with E-state index in [0.717, 1.165) is 37.6 Å². The number of hydrogen-bond donors (Lipinski definition) is 3. The molecule has 138 valence electrons. The van der Waals surface area contributed by atoms with Gasteiger partial charge < -0.3 is 26.2 Å². The number of para-hydroxylation sites is 2. The monoisotopic (exact) mass is 347 g/mol. The van der Waals surface area contributed by atoms with Crippen molar-refractivity contribution in [2.75, 3.05) is 43.4 Å². The van der Waals surface area contributed by atoms with E-state index in [2.05, 4.69) is 27.5 Å². The van der Waals surface area contributed by atoms with Crippen LogP contribution in [0.25, 0.3) is 0 Å². The Morgan fingerprint density at radius 1 is 1.12 bits per heavy atom. The highest BCUT2D eigenvalue weighted by Gasteiger charge is 2.31. The van der Waals surface area contributed by atoms with Gasteiger partial charge in [0.25, 0.3) is 0 Å². The van der Waals surface area contributed by atoms with Crippen LogP contribution in [0, 0.1) is 5.41 Å².